The van der Waals surface area contributed by atoms with Crippen LogP contribution in [0.1, 0.15) is 22.3 Å². The minimum atomic E-state index is -0.469. The molecule has 6 heteroatoms. The van der Waals surface area contributed by atoms with Gasteiger partial charge in [0, 0.05) is 10.7 Å². The van der Waals surface area contributed by atoms with Crippen LogP contribution < -0.4 is 14.8 Å². The van der Waals surface area contributed by atoms with E-state index in [0.29, 0.717) is 34.4 Å². The quantitative estimate of drug-likeness (QED) is 0.352. The van der Waals surface area contributed by atoms with Gasteiger partial charge < -0.3 is 14.8 Å². The zero-order valence-electron chi connectivity index (χ0n) is 18.1. The summed E-state index contributed by atoms with van der Waals surface area (Å²) in [4.78, 5) is 12.6. The van der Waals surface area contributed by atoms with Gasteiger partial charge in [0.25, 0.3) is 5.91 Å². The van der Waals surface area contributed by atoms with E-state index in [0.717, 1.165) is 16.7 Å². The number of halogens is 1. The zero-order valence-corrected chi connectivity index (χ0v) is 18.9. The fourth-order valence-corrected chi connectivity index (χ4v) is 3.15. The molecule has 3 aromatic rings. The summed E-state index contributed by atoms with van der Waals surface area (Å²) in [7, 11) is 1.54. The van der Waals surface area contributed by atoms with E-state index in [-0.39, 0.29) is 5.57 Å². The lowest BCUT2D eigenvalue weighted by atomic mass is 10.1. The molecule has 1 N–H and O–H groups in total. The number of nitriles is 1. The lowest BCUT2D eigenvalue weighted by Gasteiger charge is -2.12. The lowest BCUT2D eigenvalue weighted by Crippen LogP contribution is -2.14. The summed E-state index contributed by atoms with van der Waals surface area (Å²) in [5, 5.41) is 13.0. The number of carbonyl (C=O) groups excluding carboxylic acids is 1. The van der Waals surface area contributed by atoms with Gasteiger partial charge in [-0.15, -0.1) is 0 Å². The van der Waals surface area contributed by atoms with Gasteiger partial charge in [-0.25, -0.2) is 0 Å². The molecule has 32 heavy (non-hydrogen) atoms. The van der Waals surface area contributed by atoms with Crippen LogP contribution in [0.3, 0.4) is 0 Å². The van der Waals surface area contributed by atoms with Crippen molar-refractivity contribution in [3.8, 4) is 17.6 Å². The summed E-state index contributed by atoms with van der Waals surface area (Å²) in [6, 6.07) is 20.2. The van der Waals surface area contributed by atoms with Crippen molar-refractivity contribution in [1.82, 2.24) is 0 Å². The number of anilines is 1. The van der Waals surface area contributed by atoms with Crippen LogP contribution >= 0.6 is 11.6 Å². The van der Waals surface area contributed by atoms with Crippen molar-refractivity contribution in [3.05, 3.63) is 93.5 Å². The van der Waals surface area contributed by atoms with Crippen LogP contribution in [-0.4, -0.2) is 13.0 Å². The average Bonchev–Trinajstić information content (AvgIpc) is 2.80. The van der Waals surface area contributed by atoms with Gasteiger partial charge in [-0.3, -0.25) is 4.79 Å². The molecule has 0 unspecified atom stereocenters. The Balaban J connectivity index is 1.77. The Morgan fingerprint density at radius 2 is 1.84 bits per heavy atom. The SMILES string of the molecule is COc1cc(/C=C(/C#N)C(=O)Nc2cccc(C)c2C)ccc1OCc1ccc(Cl)cc1. The first-order valence-electron chi connectivity index (χ1n) is 9.96. The van der Waals surface area contributed by atoms with E-state index in [1.54, 1.807) is 30.3 Å². The minimum Gasteiger partial charge on any atom is -0.493 e. The van der Waals surface area contributed by atoms with Gasteiger partial charge in [0.1, 0.15) is 18.2 Å². The minimum absolute atomic E-state index is 0.0113. The third-order valence-corrected chi connectivity index (χ3v) is 5.28. The number of nitrogens with zero attached hydrogens (tertiary/aromatic N) is 1. The van der Waals surface area contributed by atoms with Gasteiger partial charge in [0.05, 0.1) is 7.11 Å². The Labute approximate surface area is 192 Å². The summed E-state index contributed by atoms with van der Waals surface area (Å²) in [5.41, 5.74) is 4.30. The largest absolute Gasteiger partial charge is 0.493 e. The molecule has 0 aliphatic carbocycles. The molecule has 0 radical (unpaired) electrons. The highest BCUT2D eigenvalue weighted by Crippen LogP contribution is 2.30. The molecule has 0 aliphatic heterocycles. The summed E-state index contributed by atoms with van der Waals surface area (Å²) >= 11 is 5.91. The molecule has 0 aromatic heterocycles. The molecule has 3 aromatic carbocycles. The van der Waals surface area contributed by atoms with Crippen LogP contribution in [0.2, 0.25) is 5.02 Å². The van der Waals surface area contributed by atoms with Gasteiger partial charge in [-0.05, 0) is 72.5 Å². The molecule has 1 amide bonds. The van der Waals surface area contributed by atoms with E-state index in [1.807, 2.05) is 50.2 Å². The van der Waals surface area contributed by atoms with Crippen LogP contribution in [0.5, 0.6) is 11.5 Å². The first-order valence-corrected chi connectivity index (χ1v) is 10.3. The number of ether oxygens (including phenoxy) is 2. The Hall–Kier alpha value is -3.75. The van der Waals surface area contributed by atoms with Crippen molar-refractivity contribution in [2.24, 2.45) is 0 Å². The Kier molecular flexibility index (Phi) is 7.54. The molecule has 162 valence electrons. The van der Waals surface area contributed by atoms with Crippen LogP contribution in [0.4, 0.5) is 5.69 Å². The standard InChI is InChI=1S/C26H23ClN2O3/c1-17-5-4-6-23(18(17)2)29-26(30)21(15-28)13-20-9-12-24(25(14-20)31-3)32-16-19-7-10-22(27)11-8-19/h4-14H,16H2,1-3H3,(H,29,30)/b21-13-. The number of nitrogens with one attached hydrogen (secondary N) is 1. The van der Waals surface area contributed by atoms with Crippen molar-refractivity contribution in [1.29, 1.82) is 5.26 Å². The van der Waals surface area contributed by atoms with Gasteiger partial charge in [0.15, 0.2) is 11.5 Å². The predicted molar refractivity (Wildman–Crippen MR) is 127 cm³/mol. The van der Waals surface area contributed by atoms with Crippen molar-refractivity contribution in [2.45, 2.75) is 20.5 Å². The highest BCUT2D eigenvalue weighted by molar-refractivity contribution is 6.30. The van der Waals surface area contributed by atoms with E-state index in [2.05, 4.69) is 5.32 Å². The topological polar surface area (TPSA) is 71.3 Å². The molecule has 0 aliphatic rings. The summed E-state index contributed by atoms with van der Waals surface area (Å²) in [6.45, 7) is 4.24. The average molecular weight is 447 g/mol. The third-order valence-electron chi connectivity index (χ3n) is 5.02. The highest BCUT2D eigenvalue weighted by atomic mass is 35.5. The monoisotopic (exact) mass is 446 g/mol. The number of hydrogen-bond donors (Lipinski definition) is 1. The molecule has 0 spiro atoms. The van der Waals surface area contributed by atoms with E-state index >= 15 is 0 Å². The second-order valence-corrected chi connectivity index (χ2v) is 7.63. The van der Waals surface area contributed by atoms with E-state index < -0.39 is 5.91 Å². The van der Waals surface area contributed by atoms with Crippen molar-refractivity contribution in [3.63, 3.8) is 0 Å². The second-order valence-electron chi connectivity index (χ2n) is 7.20. The Morgan fingerprint density at radius 3 is 2.53 bits per heavy atom. The highest BCUT2D eigenvalue weighted by Gasteiger charge is 2.13. The van der Waals surface area contributed by atoms with Crippen molar-refractivity contribution in [2.75, 3.05) is 12.4 Å². The fraction of sp³-hybridized carbons (Fsp3) is 0.154. The van der Waals surface area contributed by atoms with E-state index in [4.69, 9.17) is 21.1 Å². The maximum Gasteiger partial charge on any atom is 0.266 e. The van der Waals surface area contributed by atoms with E-state index in [1.165, 1.54) is 13.2 Å². The van der Waals surface area contributed by atoms with Gasteiger partial charge in [-0.2, -0.15) is 5.26 Å². The number of benzene rings is 3. The zero-order chi connectivity index (χ0) is 23.1. The molecule has 0 saturated carbocycles. The Bertz CT molecular complexity index is 1190. The van der Waals surface area contributed by atoms with Crippen LogP contribution in [0.15, 0.2) is 66.2 Å². The number of aryl methyl sites for hydroxylation is 1. The number of rotatable bonds is 7. The molecular weight excluding hydrogens is 424 g/mol. The molecule has 0 fully saturated rings. The van der Waals surface area contributed by atoms with Crippen molar-refractivity contribution >= 4 is 29.3 Å². The molecule has 0 atom stereocenters. The first kappa shape index (κ1) is 22.9. The molecular formula is C26H23ClN2O3. The Morgan fingerprint density at radius 1 is 1.09 bits per heavy atom. The fourth-order valence-electron chi connectivity index (χ4n) is 3.03. The number of amides is 1. The van der Waals surface area contributed by atoms with Crippen molar-refractivity contribution < 1.29 is 14.3 Å². The van der Waals surface area contributed by atoms with E-state index in [9.17, 15) is 10.1 Å². The molecule has 5 nitrogen and oxygen atoms in total. The molecule has 0 bridgehead atoms. The number of methoxy groups -OCH3 is 1. The van der Waals surface area contributed by atoms with Crippen LogP contribution in [0.25, 0.3) is 6.08 Å². The first-order chi connectivity index (χ1) is 15.4. The third kappa shape index (κ3) is 5.69. The summed E-state index contributed by atoms with van der Waals surface area (Å²) < 4.78 is 11.3. The van der Waals surface area contributed by atoms with Gasteiger partial charge >= 0.3 is 0 Å². The lowest BCUT2D eigenvalue weighted by molar-refractivity contribution is -0.112. The number of carbonyl (C=O) groups is 1. The van der Waals surface area contributed by atoms with Crippen LogP contribution in [0, 0.1) is 25.2 Å². The number of hydrogen-bond acceptors (Lipinski definition) is 4. The second kappa shape index (κ2) is 10.5. The normalized spacial score (nSPS) is 10.9. The summed E-state index contributed by atoms with van der Waals surface area (Å²) in [5.74, 6) is 0.584. The predicted octanol–water partition coefficient (Wildman–Crippen LogP) is 6.09. The van der Waals surface area contributed by atoms with Gasteiger partial charge in [0.2, 0.25) is 0 Å². The molecule has 0 heterocycles. The van der Waals surface area contributed by atoms with Crippen LogP contribution in [-0.2, 0) is 11.4 Å². The maximum atomic E-state index is 12.6. The molecule has 0 saturated heterocycles. The summed E-state index contributed by atoms with van der Waals surface area (Å²) in [6.07, 6.45) is 1.52. The maximum absolute atomic E-state index is 12.6. The van der Waals surface area contributed by atoms with Gasteiger partial charge in [-0.1, -0.05) is 41.9 Å². The smallest absolute Gasteiger partial charge is 0.266 e. The molecule has 3 rings (SSSR count).